The third kappa shape index (κ3) is 4.06. The van der Waals surface area contributed by atoms with E-state index < -0.39 is 0 Å². The third-order valence-electron chi connectivity index (χ3n) is 4.77. The standard InChI is InChI=1S/C21H22N4O2/c1-16-6-5-9-18(14-16)21(26)25-12-10-24(11-13-25)15-19-22-23-20(27-19)17-7-3-2-4-8-17/h2-9,14H,10-13,15H2,1H3. The van der Waals surface area contributed by atoms with E-state index in [9.17, 15) is 4.79 Å². The van der Waals surface area contributed by atoms with Crippen LogP contribution >= 0.6 is 0 Å². The molecule has 0 aliphatic carbocycles. The van der Waals surface area contributed by atoms with Gasteiger partial charge in [0.05, 0.1) is 6.54 Å². The van der Waals surface area contributed by atoms with E-state index >= 15 is 0 Å². The summed E-state index contributed by atoms with van der Waals surface area (Å²) in [6, 6.07) is 17.5. The number of aromatic nitrogens is 2. The van der Waals surface area contributed by atoms with Gasteiger partial charge in [0, 0.05) is 37.3 Å². The SMILES string of the molecule is Cc1cccc(C(=O)N2CCN(Cc3nnc(-c4ccccc4)o3)CC2)c1. The van der Waals surface area contributed by atoms with Crippen LogP contribution in [0, 0.1) is 6.92 Å². The number of nitrogens with zero attached hydrogens (tertiary/aromatic N) is 4. The lowest BCUT2D eigenvalue weighted by Crippen LogP contribution is -2.48. The number of carbonyl (C=O) groups excluding carboxylic acids is 1. The Bertz CT molecular complexity index is 915. The quantitative estimate of drug-likeness (QED) is 0.714. The van der Waals surface area contributed by atoms with Gasteiger partial charge in [-0.15, -0.1) is 10.2 Å². The Morgan fingerprint density at radius 2 is 1.78 bits per heavy atom. The van der Waals surface area contributed by atoms with Gasteiger partial charge in [0.2, 0.25) is 11.8 Å². The van der Waals surface area contributed by atoms with Crippen LogP contribution in [0.1, 0.15) is 21.8 Å². The van der Waals surface area contributed by atoms with Crippen molar-refractivity contribution in [1.82, 2.24) is 20.0 Å². The smallest absolute Gasteiger partial charge is 0.253 e. The molecule has 0 saturated carbocycles. The molecule has 2 aromatic carbocycles. The Labute approximate surface area is 158 Å². The molecule has 0 radical (unpaired) electrons. The van der Waals surface area contributed by atoms with E-state index in [4.69, 9.17) is 4.42 Å². The molecule has 6 nitrogen and oxygen atoms in total. The van der Waals surface area contributed by atoms with E-state index in [2.05, 4.69) is 15.1 Å². The minimum Gasteiger partial charge on any atom is -0.419 e. The number of carbonyl (C=O) groups is 1. The van der Waals surface area contributed by atoms with Gasteiger partial charge >= 0.3 is 0 Å². The van der Waals surface area contributed by atoms with Crippen LogP contribution in [0.3, 0.4) is 0 Å². The van der Waals surface area contributed by atoms with Crippen LogP contribution in [0.2, 0.25) is 0 Å². The second-order valence-corrected chi connectivity index (χ2v) is 6.80. The predicted molar refractivity (Wildman–Crippen MR) is 102 cm³/mol. The first-order valence-electron chi connectivity index (χ1n) is 9.15. The predicted octanol–water partition coefficient (Wildman–Crippen LogP) is 3.00. The minimum absolute atomic E-state index is 0.0995. The summed E-state index contributed by atoms with van der Waals surface area (Å²) >= 11 is 0. The summed E-state index contributed by atoms with van der Waals surface area (Å²) in [5.74, 6) is 1.24. The van der Waals surface area contributed by atoms with Crippen molar-refractivity contribution in [1.29, 1.82) is 0 Å². The third-order valence-corrected chi connectivity index (χ3v) is 4.77. The van der Waals surface area contributed by atoms with E-state index in [1.54, 1.807) is 0 Å². The summed E-state index contributed by atoms with van der Waals surface area (Å²) in [5, 5.41) is 8.29. The molecule has 0 unspecified atom stereocenters. The van der Waals surface area contributed by atoms with Gasteiger partial charge in [-0.25, -0.2) is 0 Å². The first-order chi connectivity index (χ1) is 13.2. The molecule has 0 atom stereocenters. The van der Waals surface area contributed by atoms with Crippen LogP contribution in [-0.2, 0) is 6.54 Å². The second kappa shape index (κ2) is 7.72. The molecular formula is C21H22N4O2. The van der Waals surface area contributed by atoms with Crippen molar-refractivity contribution in [2.24, 2.45) is 0 Å². The molecule has 0 spiro atoms. The van der Waals surface area contributed by atoms with Crippen molar-refractivity contribution in [3.8, 4) is 11.5 Å². The maximum atomic E-state index is 12.6. The first-order valence-corrected chi connectivity index (χ1v) is 9.15. The normalized spacial score (nSPS) is 15.1. The van der Waals surface area contributed by atoms with Crippen molar-refractivity contribution in [2.45, 2.75) is 13.5 Å². The number of rotatable bonds is 4. The summed E-state index contributed by atoms with van der Waals surface area (Å²) in [7, 11) is 0. The number of piperazine rings is 1. The Hall–Kier alpha value is -2.99. The van der Waals surface area contributed by atoms with Crippen LogP contribution in [0.25, 0.3) is 11.5 Å². The highest BCUT2D eigenvalue weighted by Gasteiger charge is 2.23. The van der Waals surface area contributed by atoms with Crippen molar-refractivity contribution in [2.75, 3.05) is 26.2 Å². The number of benzene rings is 2. The van der Waals surface area contributed by atoms with E-state index in [1.807, 2.05) is 66.4 Å². The monoisotopic (exact) mass is 362 g/mol. The van der Waals surface area contributed by atoms with Gasteiger partial charge in [-0.3, -0.25) is 9.69 Å². The van der Waals surface area contributed by atoms with Gasteiger partial charge in [-0.2, -0.15) is 0 Å². The second-order valence-electron chi connectivity index (χ2n) is 6.80. The summed E-state index contributed by atoms with van der Waals surface area (Å²) in [4.78, 5) is 16.8. The highest BCUT2D eigenvalue weighted by Crippen LogP contribution is 2.18. The van der Waals surface area contributed by atoms with Crippen LogP contribution in [0.5, 0.6) is 0 Å². The lowest BCUT2D eigenvalue weighted by atomic mass is 10.1. The van der Waals surface area contributed by atoms with Gasteiger partial charge in [0.25, 0.3) is 5.91 Å². The zero-order valence-corrected chi connectivity index (χ0v) is 15.3. The number of amides is 1. The Kier molecular flexibility index (Phi) is 4.98. The summed E-state index contributed by atoms with van der Waals surface area (Å²) < 4.78 is 5.78. The van der Waals surface area contributed by atoms with E-state index in [0.717, 1.165) is 29.8 Å². The molecule has 0 N–H and O–H groups in total. The van der Waals surface area contributed by atoms with Crippen molar-refractivity contribution >= 4 is 5.91 Å². The molecule has 3 aromatic rings. The summed E-state index contributed by atoms with van der Waals surface area (Å²) in [6.07, 6.45) is 0. The van der Waals surface area contributed by atoms with Crippen molar-refractivity contribution < 1.29 is 9.21 Å². The highest BCUT2D eigenvalue weighted by molar-refractivity contribution is 5.94. The molecule has 1 saturated heterocycles. The first kappa shape index (κ1) is 17.4. The zero-order valence-electron chi connectivity index (χ0n) is 15.3. The zero-order chi connectivity index (χ0) is 18.6. The van der Waals surface area contributed by atoms with Crippen molar-refractivity contribution in [3.63, 3.8) is 0 Å². The van der Waals surface area contributed by atoms with Crippen LogP contribution < -0.4 is 0 Å². The van der Waals surface area contributed by atoms with Gasteiger partial charge in [-0.05, 0) is 31.2 Å². The summed E-state index contributed by atoms with van der Waals surface area (Å²) in [5.41, 5.74) is 2.78. The average Bonchev–Trinajstić information content (AvgIpc) is 3.17. The largest absolute Gasteiger partial charge is 0.419 e. The van der Waals surface area contributed by atoms with Gasteiger partial charge in [0.1, 0.15) is 0 Å². The summed E-state index contributed by atoms with van der Waals surface area (Å²) in [6.45, 7) is 5.59. The molecule has 138 valence electrons. The molecule has 4 rings (SSSR count). The van der Waals surface area contributed by atoms with Gasteiger partial charge in [-0.1, -0.05) is 35.9 Å². The molecule has 0 bridgehead atoms. The Balaban J connectivity index is 1.33. The fourth-order valence-electron chi connectivity index (χ4n) is 3.28. The van der Waals surface area contributed by atoms with Crippen LogP contribution in [0.15, 0.2) is 59.0 Å². The topological polar surface area (TPSA) is 62.5 Å². The molecule has 1 fully saturated rings. The number of aryl methyl sites for hydroxylation is 1. The molecule has 6 heteroatoms. The minimum atomic E-state index is 0.0995. The molecule has 2 heterocycles. The molecular weight excluding hydrogens is 340 g/mol. The Morgan fingerprint density at radius 3 is 2.52 bits per heavy atom. The van der Waals surface area contributed by atoms with E-state index in [1.165, 1.54) is 0 Å². The molecule has 1 aliphatic heterocycles. The lowest BCUT2D eigenvalue weighted by molar-refractivity contribution is 0.0618. The lowest BCUT2D eigenvalue weighted by Gasteiger charge is -2.34. The van der Waals surface area contributed by atoms with Crippen LogP contribution in [0.4, 0.5) is 0 Å². The molecule has 1 amide bonds. The average molecular weight is 362 g/mol. The number of hydrogen-bond acceptors (Lipinski definition) is 5. The molecule has 1 aliphatic rings. The highest BCUT2D eigenvalue weighted by atomic mass is 16.4. The van der Waals surface area contributed by atoms with E-state index in [-0.39, 0.29) is 5.91 Å². The van der Waals surface area contributed by atoms with Gasteiger partial charge in [0.15, 0.2) is 0 Å². The number of hydrogen-bond donors (Lipinski definition) is 0. The fourth-order valence-corrected chi connectivity index (χ4v) is 3.28. The van der Waals surface area contributed by atoms with Crippen molar-refractivity contribution in [3.05, 3.63) is 71.6 Å². The maximum Gasteiger partial charge on any atom is 0.253 e. The van der Waals surface area contributed by atoms with Crippen LogP contribution in [-0.4, -0.2) is 52.1 Å². The fraction of sp³-hybridized carbons (Fsp3) is 0.286. The van der Waals surface area contributed by atoms with Gasteiger partial charge < -0.3 is 9.32 Å². The molecule has 27 heavy (non-hydrogen) atoms. The Morgan fingerprint density at radius 1 is 1.00 bits per heavy atom. The van der Waals surface area contributed by atoms with E-state index in [0.29, 0.717) is 31.4 Å². The molecule has 1 aromatic heterocycles. The maximum absolute atomic E-state index is 12.6.